The predicted molar refractivity (Wildman–Crippen MR) is 84.0 cm³/mol. The topological polar surface area (TPSA) is 58.6 Å². The minimum absolute atomic E-state index is 0.334. The Morgan fingerprint density at radius 3 is 2.71 bits per heavy atom. The zero-order valence-electron chi connectivity index (χ0n) is 11.8. The van der Waals surface area contributed by atoms with E-state index in [2.05, 4.69) is 26.1 Å². The third kappa shape index (κ3) is 2.70. The summed E-state index contributed by atoms with van der Waals surface area (Å²) in [5.41, 5.74) is 2.06. The van der Waals surface area contributed by atoms with Crippen molar-refractivity contribution in [3.05, 3.63) is 22.2 Å². The van der Waals surface area contributed by atoms with Crippen LogP contribution in [0.2, 0.25) is 0 Å². The van der Waals surface area contributed by atoms with Crippen LogP contribution in [0.15, 0.2) is 16.6 Å². The van der Waals surface area contributed by atoms with E-state index in [1.165, 1.54) is 0 Å². The number of nitrogens with one attached hydrogen (secondary N) is 1. The molecule has 1 saturated heterocycles. The number of anilines is 2. The van der Waals surface area contributed by atoms with Gasteiger partial charge in [-0.1, -0.05) is 0 Å². The lowest BCUT2D eigenvalue weighted by Crippen LogP contribution is -2.37. The van der Waals surface area contributed by atoms with Gasteiger partial charge in [-0.25, -0.2) is 0 Å². The van der Waals surface area contributed by atoms with Gasteiger partial charge < -0.3 is 15.0 Å². The average molecular weight is 353 g/mol. The van der Waals surface area contributed by atoms with Crippen molar-refractivity contribution in [2.24, 2.45) is 0 Å². The Labute approximate surface area is 131 Å². The van der Waals surface area contributed by atoms with E-state index in [0.717, 1.165) is 42.7 Å². The van der Waals surface area contributed by atoms with E-state index in [4.69, 9.17) is 4.74 Å². The van der Waals surface area contributed by atoms with Crippen LogP contribution in [-0.4, -0.2) is 37.5 Å². The number of halogens is 1. The van der Waals surface area contributed by atoms with Crippen LogP contribution >= 0.6 is 15.9 Å². The number of hydrogen-bond donors (Lipinski definition) is 1. The zero-order valence-corrected chi connectivity index (χ0v) is 13.4. The molecule has 0 aromatic heterocycles. The van der Waals surface area contributed by atoms with Crippen LogP contribution in [0, 0.1) is 0 Å². The fourth-order valence-corrected chi connectivity index (χ4v) is 3.49. The SMILES string of the molecule is CCOC1CCN(c2cc3c(cc2Br)C(=O)C(=O)N3)CC1. The molecule has 0 bridgehead atoms. The van der Waals surface area contributed by atoms with Gasteiger partial charge in [0.05, 0.1) is 23.0 Å². The number of Topliss-reactive ketones (excluding diaryl/α,β-unsaturated/α-hetero) is 1. The number of rotatable bonds is 3. The third-order valence-corrected chi connectivity index (χ3v) is 4.61. The van der Waals surface area contributed by atoms with E-state index in [9.17, 15) is 9.59 Å². The Bertz CT molecular complexity index is 595. The summed E-state index contributed by atoms with van der Waals surface area (Å²) < 4.78 is 6.51. The summed E-state index contributed by atoms with van der Waals surface area (Å²) in [6.07, 6.45) is 2.31. The average Bonchev–Trinajstić information content (AvgIpc) is 2.75. The minimum Gasteiger partial charge on any atom is -0.378 e. The standard InChI is InChI=1S/C15H17BrN2O3/c1-2-21-9-3-5-18(6-4-9)13-8-12-10(7-11(13)16)14(19)15(20)17-12/h7-9H,2-6H2,1H3,(H,17,19,20). The second-order valence-corrected chi connectivity index (χ2v) is 6.13. The fourth-order valence-electron chi connectivity index (χ4n) is 2.90. The van der Waals surface area contributed by atoms with Gasteiger partial charge in [0.2, 0.25) is 0 Å². The summed E-state index contributed by atoms with van der Waals surface area (Å²) in [5, 5.41) is 2.62. The van der Waals surface area contributed by atoms with E-state index in [1.54, 1.807) is 6.07 Å². The normalized spacial score (nSPS) is 18.9. The number of nitrogens with zero attached hydrogens (tertiary/aromatic N) is 1. The van der Waals surface area contributed by atoms with Crippen LogP contribution in [0.4, 0.5) is 11.4 Å². The first-order valence-electron chi connectivity index (χ1n) is 7.16. The lowest BCUT2D eigenvalue weighted by atomic mass is 10.1. The lowest BCUT2D eigenvalue weighted by molar-refractivity contribution is -0.112. The van der Waals surface area contributed by atoms with E-state index < -0.39 is 11.7 Å². The van der Waals surface area contributed by atoms with Gasteiger partial charge in [-0.3, -0.25) is 9.59 Å². The largest absolute Gasteiger partial charge is 0.378 e. The Morgan fingerprint density at radius 1 is 1.33 bits per heavy atom. The van der Waals surface area contributed by atoms with Crippen molar-refractivity contribution >= 4 is 39.0 Å². The fraction of sp³-hybridized carbons (Fsp3) is 0.467. The molecule has 3 rings (SSSR count). The maximum atomic E-state index is 11.7. The molecular weight excluding hydrogens is 336 g/mol. The first kappa shape index (κ1) is 14.5. The monoisotopic (exact) mass is 352 g/mol. The number of piperidine rings is 1. The van der Waals surface area contributed by atoms with Gasteiger partial charge in [-0.15, -0.1) is 0 Å². The molecule has 0 unspecified atom stereocenters. The highest BCUT2D eigenvalue weighted by molar-refractivity contribution is 9.10. The van der Waals surface area contributed by atoms with Crippen molar-refractivity contribution < 1.29 is 14.3 Å². The molecule has 1 aromatic rings. The molecule has 112 valence electrons. The Balaban J connectivity index is 1.80. The van der Waals surface area contributed by atoms with Crippen molar-refractivity contribution in [3.63, 3.8) is 0 Å². The molecule has 21 heavy (non-hydrogen) atoms. The molecule has 0 spiro atoms. The summed E-state index contributed by atoms with van der Waals surface area (Å²) >= 11 is 3.51. The van der Waals surface area contributed by atoms with Gasteiger partial charge in [0.1, 0.15) is 0 Å². The zero-order chi connectivity index (χ0) is 15.0. The second-order valence-electron chi connectivity index (χ2n) is 5.27. The number of benzene rings is 1. The summed E-state index contributed by atoms with van der Waals surface area (Å²) in [6.45, 7) is 4.58. The van der Waals surface area contributed by atoms with Crippen molar-refractivity contribution in [1.29, 1.82) is 0 Å². The van der Waals surface area contributed by atoms with Crippen molar-refractivity contribution in [1.82, 2.24) is 0 Å². The molecule has 1 aromatic carbocycles. The Morgan fingerprint density at radius 2 is 2.05 bits per heavy atom. The van der Waals surface area contributed by atoms with Gasteiger partial charge in [0, 0.05) is 24.2 Å². The number of carbonyl (C=O) groups excluding carboxylic acids is 2. The summed E-state index contributed by atoms with van der Waals surface area (Å²) in [7, 11) is 0. The number of carbonyl (C=O) groups is 2. The van der Waals surface area contributed by atoms with Gasteiger partial charge in [0.15, 0.2) is 0 Å². The third-order valence-electron chi connectivity index (χ3n) is 3.97. The van der Waals surface area contributed by atoms with E-state index in [0.29, 0.717) is 17.4 Å². The maximum absolute atomic E-state index is 11.7. The van der Waals surface area contributed by atoms with Crippen LogP contribution < -0.4 is 10.2 Å². The molecule has 6 heteroatoms. The molecule has 2 aliphatic heterocycles. The van der Waals surface area contributed by atoms with Crippen LogP contribution in [0.1, 0.15) is 30.1 Å². The molecule has 1 amide bonds. The van der Waals surface area contributed by atoms with Crippen LogP contribution in [0.25, 0.3) is 0 Å². The van der Waals surface area contributed by atoms with Gasteiger partial charge in [-0.05, 0) is 47.8 Å². The summed E-state index contributed by atoms with van der Waals surface area (Å²) in [5.74, 6) is -1.02. The number of fused-ring (bicyclic) bond motifs is 1. The predicted octanol–water partition coefficient (Wildman–Crippen LogP) is 2.59. The van der Waals surface area contributed by atoms with Crippen LogP contribution in [0.5, 0.6) is 0 Å². The number of ether oxygens (including phenoxy) is 1. The molecule has 0 atom stereocenters. The van der Waals surface area contributed by atoms with Crippen molar-refractivity contribution in [2.75, 3.05) is 29.9 Å². The molecule has 1 N–H and O–H groups in total. The van der Waals surface area contributed by atoms with Crippen LogP contribution in [-0.2, 0) is 9.53 Å². The first-order chi connectivity index (χ1) is 10.1. The quantitative estimate of drug-likeness (QED) is 0.849. The molecule has 0 saturated carbocycles. The van der Waals surface area contributed by atoms with E-state index >= 15 is 0 Å². The molecule has 2 aliphatic rings. The lowest BCUT2D eigenvalue weighted by Gasteiger charge is -2.34. The van der Waals surface area contributed by atoms with E-state index in [-0.39, 0.29) is 0 Å². The maximum Gasteiger partial charge on any atom is 0.296 e. The molecule has 0 aliphatic carbocycles. The molecule has 2 heterocycles. The van der Waals surface area contributed by atoms with Gasteiger partial charge in [0.25, 0.3) is 11.7 Å². The summed E-state index contributed by atoms with van der Waals surface area (Å²) in [6, 6.07) is 3.61. The minimum atomic E-state index is -0.552. The van der Waals surface area contributed by atoms with Crippen LogP contribution in [0.3, 0.4) is 0 Å². The number of hydrogen-bond acceptors (Lipinski definition) is 4. The highest BCUT2D eigenvalue weighted by atomic mass is 79.9. The van der Waals surface area contributed by atoms with Gasteiger partial charge >= 0.3 is 0 Å². The summed E-state index contributed by atoms with van der Waals surface area (Å²) in [4.78, 5) is 25.4. The second kappa shape index (κ2) is 5.77. The molecular formula is C15H17BrN2O3. The molecule has 0 radical (unpaired) electrons. The molecule has 5 nitrogen and oxygen atoms in total. The Kier molecular flexibility index (Phi) is 3.99. The highest BCUT2D eigenvalue weighted by Gasteiger charge is 2.30. The van der Waals surface area contributed by atoms with Crippen molar-refractivity contribution in [2.45, 2.75) is 25.9 Å². The van der Waals surface area contributed by atoms with Gasteiger partial charge in [-0.2, -0.15) is 0 Å². The number of ketones is 1. The van der Waals surface area contributed by atoms with Crippen molar-refractivity contribution in [3.8, 4) is 0 Å². The first-order valence-corrected chi connectivity index (χ1v) is 7.95. The smallest absolute Gasteiger partial charge is 0.296 e. The Hall–Kier alpha value is -1.40. The number of amides is 1. The highest BCUT2D eigenvalue weighted by Crippen LogP contribution is 2.36. The molecule has 1 fully saturated rings. The van der Waals surface area contributed by atoms with E-state index in [1.807, 2.05) is 13.0 Å².